The first-order valence-electron chi connectivity index (χ1n) is 8.76. The van der Waals surface area contributed by atoms with Crippen LogP contribution in [0.25, 0.3) is 10.9 Å². The van der Waals surface area contributed by atoms with Gasteiger partial charge in [-0.25, -0.2) is 0 Å². The molecule has 0 unspecified atom stereocenters. The Morgan fingerprint density at radius 1 is 1.32 bits per heavy atom. The van der Waals surface area contributed by atoms with Crippen molar-refractivity contribution in [2.45, 2.75) is 26.2 Å². The number of benzene rings is 1. The molecule has 25 heavy (non-hydrogen) atoms. The number of fused-ring (bicyclic) bond motifs is 1. The monoisotopic (exact) mass is 335 g/mol. The Bertz CT molecular complexity index is 897. The molecule has 0 N–H and O–H groups in total. The lowest BCUT2D eigenvalue weighted by Gasteiger charge is -2.32. The van der Waals surface area contributed by atoms with Gasteiger partial charge in [-0.2, -0.15) is 0 Å². The van der Waals surface area contributed by atoms with Gasteiger partial charge in [0.1, 0.15) is 5.76 Å². The maximum absolute atomic E-state index is 12.6. The number of carbonyl (C=O) groups excluding carboxylic acids is 1. The molecule has 1 fully saturated rings. The minimum absolute atomic E-state index is 0.0267. The van der Waals surface area contributed by atoms with Crippen LogP contribution in [0.3, 0.4) is 0 Å². The quantitative estimate of drug-likeness (QED) is 0.733. The molecule has 1 aliphatic heterocycles. The summed E-state index contributed by atoms with van der Waals surface area (Å²) in [7, 11) is 0. The van der Waals surface area contributed by atoms with E-state index >= 15 is 0 Å². The highest BCUT2D eigenvalue weighted by Gasteiger charge is 2.26. The van der Waals surface area contributed by atoms with Gasteiger partial charge in [0, 0.05) is 30.7 Å². The van der Waals surface area contributed by atoms with Crippen molar-refractivity contribution >= 4 is 16.8 Å². The van der Waals surface area contributed by atoms with Crippen LogP contribution >= 0.6 is 0 Å². The molecule has 3 heterocycles. The molecular formula is C20H21N3O2. The first-order chi connectivity index (χ1) is 12.2. The van der Waals surface area contributed by atoms with Crippen LogP contribution in [0, 0.1) is 12.8 Å². The summed E-state index contributed by atoms with van der Waals surface area (Å²) >= 11 is 0. The Morgan fingerprint density at radius 2 is 2.24 bits per heavy atom. The van der Waals surface area contributed by atoms with Crippen LogP contribution in [0.2, 0.25) is 0 Å². The Kier molecular flexibility index (Phi) is 4.22. The lowest BCUT2D eigenvalue weighted by atomic mass is 9.89. The standard InChI is InChI=1S/C20H21N3O2/c1-14-11-19(22-25-14)20(24)23-10-4-5-15(13-23)12-16-6-2-8-18-17(16)7-3-9-21-18/h2-3,6-9,11,15H,4-5,10,12-13H2,1H3/t15-/m0/s1. The van der Waals surface area contributed by atoms with Crippen molar-refractivity contribution in [2.24, 2.45) is 5.92 Å². The number of aromatic nitrogens is 2. The number of rotatable bonds is 3. The van der Waals surface area contributed by atoms with E-state index in [1.54, 1.807) is 13.0 Å². The molecule has 1 saturated heterocycles. The van der Waals surface area contributed by atoms with Crippen molar-refractivity contribution in [3.8, 4) is 0 Å². The van der Waals surface area contributed by atoms with E-state index in [-0.39, 0.29) is 5.91 Å². The summed E-state index contributed by atoms with van der Waals surface area (Å²) < 4.78 is 5.04. The molecule has 128 valence electrons. The van der Waals surface area contributed by atoms with Gasteiger partial charge >= 0.3 is 0 Å². The Morgan fingerprint density at radius 3 is 3.08 bits per heavy atom. The first-order valence-corrected chi connectivity index (χ1v) is 8.76. The van der Waals surface area contributed by atoms with E-state index in [9.17, 15) is 4.79 Å². The number of nitrogens with zero attached hydrogens (tertiary/aromatic N) is 3. The molecule has 1 amide bonds. The average molecular weight is 335 g/mol. The van der Waals surface area contributed by atoms with Gasteiger partial charge in [-0.05, 0) is 49.8 Å². The van der Waals surface area contributed by atoms with Gasteiger partial charge in [0.05, 0.1) is 5.52 Å². The topological polar surface area (TPSA) is 59.2 Å². The molecule has 1 atom stereocenters. The smallest absolute Gasteiger partial charge is 0.276 e. The summed E-state index contributed by atoms with van der Waals surface area (Å²) in [6.45, 7) is 3.36. The molecule has 1 aliphatic rings. The molecule has 0 aliphatic carbocycles. The van der Waals surface area contributed by atoms with E-state index in [0.717, 1.165) is 37.9 Å². The predicted octanol–water partition coefficient (Wildman–Crippen LogP) is 3.63. The minimum Gasteiger partial charge on any atom is -0.361 e. The van der Waals surface area contributed by atoms with Crippen LogP contribution in [0.4, 0.5) is 0 Å². The minimum atomic E-state index is -0.0267. The van der Waals surface area contributed by atoms with Crippen LogP contribution in [0.15, 0.2) is 47.1 Å². The number of hydrogen-bond donors (Lipinski definition) is 0. The largest absolute Gasteiger partial charge is 0.361 e. The van der Waals surface area contributed by atoms with Crippen LogP contribution in [0.5, 0.6) is 0 Å². The van der Waals surface area contributed by atoms with Crippen molar-refractivity contribution < 1.29 is 9.32 Å². The third kappa shape index (κ3) is 3.27. The fraction of sp³-hybridized carbons (Fsp3) is 0.350. The highest BCUT2D eigenvalue weighted by atomic mass is 16.5. The maximum atomic E-state index is 12.6. The number of pyridine rings is 1. The summed E-state index contributed by atoms with van der Waals surface area (Å²) in [5.74, 6) is 1.10. The fourth-order valence-electron chi connectivity index (χ4n) is 3.70. The molecule has 3 aromatic rings. The zero-order valence-electron chi connectivity index (χ0n) is 14.3. The number of piperidine rings is 1. The van der Waals surface area contributed by atoms with Crippen molar-refractivity contribution in [1.82, 2.24) is 15.0 Å². The van der Waals surface area contributed by atoms with Gasteiger partial charge in [0.25, 0.3) is 5.91 Å². The van der Waals surface area contributed by atoms with E-state index in [0.29, 0.717) is 17.4 Å². The Labute approximate surface area is 146 Å². The van der Waals surface area contributed by atoms with E-state index in [4.69, 9.17) is 4.52 Å². The van der Waals surface area contributed by atoms with Crippen LogP contribution in [-0.2, 0) is 6.42 Å². The SMILES string of the molecule is Cc1cc(C(=O)N2CCC[C@@H](Cc3cccc4ncccc34)C2)no1. The summed E-state index contributed by atoms with van der Waals surface area (Å²) in [5.41, 5.74) is 2.75. The van der Waals surface area contributed by atoms with Crippen LogP contribution in [-0.4, -0.2) is 34.0 Å². The third-order valence-corrected chi connectivity index (χ3v) is 4.90. The second-order valence-corrected chi connectivity index (χ2v) is 6.77. The molecule has 0 radical (unpaired) electrons. The second-order valence-electron chi connectivity index (χ2n) is 6.77. The normalized spacial score (nSPS) is 17.8. The lowest BCUT2D eigenvalue weighted by molar-refractivity contribution is 0.0663. The van der Waals surface area contributed by atoms with Crippen molar-refractivity contribution in [3.63, 3.8) is 0 Å². The van der Waals surface area contributed by atoms with Gasteiger partial charge in [-0.3, -0.25) is 9.78 Å². The highest BCUT2D eigenvalue weighted by molar-refractivity contribution is 5.92. The zero-order chi connectivity index (χ0) is 17.2. The molecule has 5 heteroatoms. The van der Waals surface area contributed by atoms with Gasteiger partial charge in [-0.15, -0.1) is 0 Å². The number of likely N-dealkylation sites (tertiary alicyclic amines) is 1. The fourth-order valence-corrected chi connectivity index (χ4v) is 3.70. The second kappa shape index (κ2) is 6.67. The predicted molar refractivity (Wildman–Crippen MR) is 95.3 cm³/mol. The average Bonchev–Trinajstić information content (AvgIpc) is 3.08. The number of aryl methyl sites for hydroxylation is 1. The number of carbonyl (C=O) groups is 1. The van der Waals surface area contributed by atoms with Gasteiger partial charge in [-0.1, -0.05) is 23.4 Å². The lowest BCUT2D eigenvalue weighted by Crippen LogP contribution is -2.40. The van der Waals surface area contributed by atoms with Crippen molar-refractivity contribution in [1.29, 1.82) is 0 Å². The first kappa shape index (κ1) is 15.8. The summed E-state index contributed by atoms with van der Waals surface area (Å²) in [6.07, 6.45) is 4.95. The maximum Gasteiger partial charge on any atom is 0.276 e. The van der Waals surface area contributed by atoms with E-state index in [2.05, 4.69) is 28.3 Å². The number of hydrogen-bond acceptors (Lipinski definition) is 4. The van der Waals surface area contributed by atoms with Crippen LogP contribution < -0.4 is 0 Å². The van der Waals surface area contributed by atoms with Crippen molar-refractivity contribution in [2.75, 3.05) is 13.1 Å². The molecule has 2 aromatic heterocycles. The molecule has 1 aromatic carbocycles. The Balaban J connectivity index is 1.50. The third-order valence-electron chi connectivity index (χ3n) is 4.90. The summed E-state index contributed by atoms with van der Waals surface area (Å²) in [5, 5.41) is 5.08. The van der Waals surface area contributed by atoms with Gasteiger partial charge in [0.2, 0.25) is 0 Å². The van der Waals surface area contributed by atoms with Gasteiger partial charge < -0.3 is 9.42 Å². The molecule has 4 rings (SSSR count). The summed E-state index contributed by atoms with van der Waals surface area (Å²) in [6, 6.07) is 12.1. The van der Waals surface area contributed by atoms with E-state index in [1.165, 1.54) is 10.9 Å². The molecular weight excluding hydrogens is 314 g/mol. The molecule has 5 nitrogen and oxygen atoms in total. The molecule has 0 saturated carbocycles. The highest BCUT2D eigenvalue weighted by Crippen LogP contribution is 2.25. The van der Waals surface area contributed by atoms with Crippen molar-refractivity contribution in [3.05, 3.63) is 59.6 Å². The molecule has 0 spiro atoms. The number of amides is 1. The zero-order valence-corrected chi connectivity index (χ0v) is 14.3. The Hall–Kier alpha value is -2.69. The van der Waals surface area contributed by atoms with E-state index in [1.807, 2.05) is 23.2 Å². The molecule has 0 bridgehead atoms. The van der Waals surface area contributed by atoms with Gasteiger partial charge in [0.15, 0.2) is 5.69 Å². The van der Waals surface area contributed by atoms with Crippen LogP contribution in [0.1, 0.15) is 34.7 Å². The summed E-state index contributed by atoms with van der Waals surface area (Å²) in [4.78, 5) is 19.0. The van der Waals surface area contributed by atoms with E-state index < -0.39 is 0 Å².